The van der Waals surface area contributed by atoms with Crippen LogP contribution in [0.4, 0.5) is 0 Å². The molecule has 0 bridgehead atoms. The number of hydrogen-bond donors (Lipinski definition) is 3. The number of amides is 2. The molecule has 112 valence electrons. The Morgan fingerprint density at radius 2 is 1.85 bits per heavy atom. The van der Waals surface area contributed by atoms with Crippen LogP contribution in [0.5, 0.6) is 0 Å². The molecule has 0 radical (unpaired) electrons. The van der Waals surface area contributed by atoms with E-state index in [1.54, 1.807) is 4.90 Å². The smallest absolute Gasteiger partial charge is 0.231 e. The van der Waals surface area contributed by atoms with Crippen molar-refractivity contribution in [3.8, 4) is 0 Å². The van der Waals surface area contributed by atoms with Gasteiger partial charge in [-0.05, 0) is 34.5 Å². The molecule has 0 spiro atoms. The summed E-state index contributed by atoms with van der Waals surface area (Å²) in [6.07, 6.45) is 0.703. The first-order valence-corrected chi connectivity index (χ1v) is 7.77. The van der Waals surface area contributed by atoms with Crippen molar-refractivity contribution in [1.29, 1.82) is 0 Å². The standard InChI is InChI=1S/C12H19BrN4O2S/c1-2-7(14)12(8-3-4-9(13)20-8)17(5-10(15)18)6-11(16)19/h3-4,7,12H,2,5-6,14H2,1H3,(H2,15,18)(H2,16,19). The molecular weight excluding hydrogens is 344 g/mol. The van der Waals surface area contributed by atoms with Gasteiger partial charge in [0.1, 0.15) is 0 Å². The number of nitrogens with zero attached hydrogens (tertiary/aromatic N) is 1. The number of nitrogens with two attached hydrogens (primary N) is 3. The third kappa shape index (κ3) is 4.86. The minimum atomic E-state index is -0.518. The van der Waals surface area contributed by atoms with Gasteiger partial charge in [0.15, 0.2) is 0 Å². The van der Waals surface area contributed by atoms with Crippen molar-refractivity contribution in [3.63, 3.8) is 0 Å². The van der Waals surface area contributed by atoms with Crippen LogP contribution in [-0.2, 0) is 9.59 Å². The molecule has 1 aromatic rings. The van der Waals surface area contributed by atoms with Crippen LogP contribution in [0.25, 0.3) is 0 Å². The van der Waals surface area contributed by atoms with Gasteiger partial charge in [0.25, 0.3) is 0 Å². The lowest BCUT2D eigenvalue weighted by molar-refractivity contribution is -0.123. The van der Waals surface area contributed by atoms with Gasteiger partial charge in [-0.3, -0.25) is 14.5 Å². The van der Waals surface area contributed by atoms with E-state index < -0.39 is 11.8 Å². The van der Waals surface area contributed by atoms with Crippen molar-refractivity contribution in [2.24, 2.45) is 17.2 Å². The van der Waals surface area contributed by atoms with Crippen LogP contribution in [0.3, 0.4) is 0 Å². The molecule has 6 nitrogen and oxygen atoms in total. The maximum atomic E-state index is 11.2. The van der Waals surface area contributed by atoms with Crippen LogP contribution in [0.2, 0.25) is 0 Å². The van der Waals surface area contributed by atoms with Crippen molar-refractivity contribution >= 4 is 39.1 Å². The van der Waals surface area contributed by atoms with E-state index in [9.17, 15) is 9.59 Å². The molecule has 0 saturated heterocycles. The molecule has 1 rings (SSSR count). The van der Waals surface area contributed by atoms with Gasteiger partial charge < -0.3 is 17.2 Å². The summed E-state index contributed by atoms with van der Waals surface area (Å²) in [7, 11) is 0. The Kier molecular flexibility index (Phi) is 6.60. The first-order chi connectivity index (χ1) is 9.35. The molecule has 0 aliphatic heterocycles. The third-order valence-corrected chi connectivity index (χ3v) is 4.57. The van der Waals surface area contributed by atoms with E-state index >= 15 is 0 Å². The zero-order valence-electron chi connectivity index (χ0n) is 11.2. The Hall–Kier alpha value is -0.960. The van der Waals surface area contributed by atoms with Crippen LogP contribution in [0.15, 0.2) is 15.9 Å². The van der Waals surface area contributed by atoms with E-state index in [2.05, 4.69) is 15.9 Å². The molecule has 0 fully saturated rings. The van der Waals surface area contributed by atoms with Gasteiger partial charge >= 0.3 is 0 Å². The van der Waals surface area contributed by atoms with Crippen molar-refractivity contribution < 1.29 is 9.59 Å². The number of halogens is 1. The van der Waals surface area contributed by atoms with E-state index in [0.29, 0.717) is 6.42 Å². The van der Waals surface area contributed by atoms with Gasteiger partial charge in [0, 0.05) is 10.9 Å². The first-order valence-electron chi connectivity index (χ1n) is 6.16. The van der Waals surface area contributed by atoms with Gasteiger partial charge in [0.2, 0.25) is 11.8 Å². The highest BCUT2D eigenvalue weighted by molar-refractivity contribution is 9.11. The predicted octanol–water partition coefficient (Wildman–Crippen LogP) is 0.562. The average molecular weight is 363 g/mol. The Bertz CT molecular complexity index is 464. The topological polar surface area (TPSA) is 115 Å². The van der Waals surface area contributed by atoms with Gasteiger partial charge in [-0.15, -0.1) is 11.3 Å². The van der Waals surface area contributed by atoms with Crippen molar-refractivity contribution in [3.05, 3.63) is 20.8 Å². The number of primary amides is 2. The molecule has 2 amide bonds. The van der Waals surface area contributed by atoms with Crippen LogP contribution in [-0.4, -0.2) is 35.8 Å². The largest absolute Gasteiger partial charge is 0.369 e. The summed E-state index contributed by atoms with van der Waals surface area (Å²) in [4.78, 5) is 25.1. The molecule has 0 saturated carbocycles. The number of hydrogen-bond acceptors (Lipinski definition) is 5. The number of rotatable bonds is 8. The van der Waals surface area contributed by atoms with Crippen LogP contribution < -0.4 is 17.2 Å². The van der Waals surface area contributed by atoms with Gasteiger partial charge in [-0.1, -0.05) is 6.92 Å². The lowest BCUT2D eigenvalue weighted by atomic mass is 10.0. The maximum Gasteiger partial charge on any atom is 0.231 e. The summed E-state index contributed by atoms with van der Waals surface area (Å²) in [5.74, 6) is -1.04. The molecule has 20 heavy (non-hydrogen) atoms. The molecule has 0 aromatic carbocycles. The summed E-state index contributed by atoms with van der Waals surface area (Å²) < 4.78 is 0.957. The van der Waals surface area contributed by atoms with E-state index in [1.807, 2.05) is 19.1 Å². The molecule has 2 atom stereocenters. The van der Waals surface area contributed by atoms with Crippen LogP contribution in [0.1, 0.15) is 24.3 Å². The molecule has 6 N–H and O–H groups in total. The van der Waals surface area contributed by atoms with E-state index in [-0.39, 0.29) is 25.2 Å². The van der Waals surface area contributed by atoms with E-state index in [1.165, 1.54) is 11.3 Å². The average Bonchev–Trinajstić information content (AvgIpc) is 2.74. The van der Waals surface area contributed by atoms with E-state index in [4.69, 9.17) is 17.2 Å². The molecule has 8 heteroatoms. The molecule has 1 aromatic heterocycles. The van der Waals surface area contributed by atoms with Crippen molar-refractivity contribution in [1.82, 2.24) is 4.90 Å². The number of carbonyl (C=O) groups is 2. The second kappa shape index (κ2) is 7.72. The van der Waals surface area contributed by atoms with Crippen LogP contribution in [0, 0.1) is 0 Å². The summed E-state index contributed by atoms with van der Waals surface area (Å²) in [6.45, 7) is 1.83. The summed E-state index contributed by atoms with van der Waals surface area (Å²) in [6, 6.07) is 3.34. The lowest BCUT2D eigenvalue weighted by Crippen LogP contribution is -2.47. The predicted molar refractivity (Wildman–Crippen MR) is 83.0 cm³/mol. The highest BCUT2D eigenvalue weighted by atomic mass is 79.9. The number of thiophene rings is 1. The fourth-order valence-electron chi connectivity index (χ4n) is 2.03. The van der Waals surface area contributed by atoms with E-state index in [0.717, 1.165) is 8.66 Å². The molecule has 1 heterocycles. The molecule has 2 unspecified atom stereocenters. The third-order valence-electron chi connectivity index (χ3n) is 2.87. The summed E-state index contributed by atoms with van der Waals surface area (Å²) in [5.41, 5.74) is 16.7. The van der Waals surface area contributed by atoms with Crippen molar-refractivity contribution in [2.75, 3.05) is 13.1 Å². The second-order valence-electron chi connectivity index (χ2n) is 4.50. The summed E-state index contributed by atoms with van der Waals surface area (Å²) in [5, 5.41) is 0. The van der Waals surface area contributed by atoms with Crippen molar-refractivity contribution in [2.45, 2.75) is 25.4 Å². The minimum Gasteiger partial charge on any atom is -0.369 e. The Morgan fingerprint density at radius 3 is 2.20 bits per heavy atom. The monoisotopic (exact) mass is 362 g/mol. The first kappa shape index (κ1) is 17.1. The Morgan fingerprint density at radius 1 is 1.30 bits per heavy atom. The SMILES string of the molecule is CCC(N)C(c1ccc(Br)s1)N(CC(N)=O)CC(N)=O. The zero-order chi connectivity index (χ0) is 15.3. The summed E-state index contributed by atoms with van der Waals surface area (Å²) >= 11 is 4.91. The molecule has 0 aliphatic rings. The maximum absolute atomic E-state index is 11.2. The normalized spacial score (nSPS) is 14.2. The number of carbonyl (C=O) groups excluding carboxylic acids is 2. The highest BCUT2D eigenvalue weighted by Gasteiger charge is 2.29. The fourth-order valence-corrected chi connectivity index (χ4v) is 3.66. The highest BCUT2D eigenvalue weighted by Crippen LogP contribution is 2.33. The van der Waals surface area contributed by atoms with Gasteiger partial charge in [0.05, 0.1) is 22.9 Å². The quantitative estimate of drug-likeness (QED) is 0.626. The Balaban J connectivity index is 3.09. The molecule has 0 aliphatic carbocycles. The minimum absolute atomic E-state index is 0.0587. The zero-order valence-corrected chi connectivity index (χ0v) is 13.6. The van der Waals surface area contributed by atoms with Crippen LogP contribution >= 0.6 is 27.3 Å². The Labute approximate surface area is 130 Å². The fraction of sp³-hybridized carbons (Fsp3) is 0.500. The van der Waals surface area contributed by atoms with Gasteiger partial charge in [-0.25, -0.2) is 0 Å². The lowest BCUT2D eigenvalue weighted by Gasteiger charge is -2.33. The second-order valence-corrected chi connectivity index (χ2v) is 6.99. The molecular formula is C12H19BrN4O2S. The van der Waals surface area contributed by atoms with Gasteiger partial charge in [-0.2, -0.15) is 0 Å².